The fraction of sp³-hybridized carbons (Fsp3) is 0.263. The number of anilines is 1. The lowest BCUT2D eigenvalue weighted by atomic mass is 10.1. The SMILES string of the molecule is CC(C)n1c(=O)sc2cc(NC(=O)CCc3ccc(Cl)cc3)ccc21. The molecule has 1 aromatic heterocycles. The number of carbonyl (C=O) groups is 1. The van der Waals surface area contributed by atoms with Crippen LogP contribution in [0, 0.1) is 0 Å². The molecular formula is C19H19ClN2O2S. The number of nitrogens with zero attached hydrogens (tertiary/aromatic N) is 1. The predicted molar refractivity (Wildman–Crippen MR) is 105 cm³/mol. The maximum absolute atomic E-state index is 12.2. The van der Waals surface area contributed by atoms with Crippen LogP contribution in [0.15, 0.2) is 47.3 Å². The summed E-state index contributed by atoms with van der Waals surface area (Å²) in [6, 6.07) is 13.2. The molecule has 3 aromatic rings. The number of halogens is 1. The topological polar surface area (TPSA) is 51.1 Å². The summed E-state index contributed by atoms with van der Waals surface area (Å²) in [6.07, 6.45) is 1.05. The Balaban J connectivity index is 1.69. The Morgan fingerprint density at radius 2 is 1.92 bits per heavy atom. The van der Waals surface area contributed by atoms with Gasteiger partial charge in [-0.05, 0) is 56.2 Å². The molecule has 0 saturated heterocycles. The van der Waals surface area contributed by atoms with Crippen LogP contribution in [0.3, 0.4) is 0 Å². The predicted octanol–water partition coefficient (Wildman–Crippen LogP) is 4.87. The first-order valence-electron chi connectivity index (χ1n) is 8.13. The molecule has 0 fully saturated rings. The molecule has 1 amide bonds. The molecule has 0 atom stereocenters. The standard InChI is InChI=1S/C19H19ClN2O2S/c1-12(2)22-16-9-8-15(11-17(16)25-19(22)24)21-18(23)10-5-13-3-6-14(20)7-4-13/h3-4,6-9,11-12H,5,10H2,1-2H3,(H,21,23). The van der Waals surface area contributed by atoms with E-state index in [9.17, 15) is 9.59 Å². The third-order valence-electron chi connectivity index (χ3n) is 3.97. The van der Waals surface area contributed by atoms with E-state index in [0.717, 1.165) is 15.8 Å². The van der Waals surface area contributed by atoms with Crippen molar-refractivity contribution in [3.05, 3.63) is 62.7 Å². The second kappa shape index (κ2) is 7.42. The summed E-state index contributed by atoms with van der Waals surface area (Å²) >= 11 is 7.06. The van der Waals surface area contributed by atoms with Gasteiger partial charge in [-0.3, -0.25) is 14.2 Å². The van der Waals surface area contributed by atoms with Gasteiger partial charge in [0.05, 0.1) is 10.2 Å². The highest BCUT2D eigenvalue weighted by Crippen LogP contribution is 2.24. The molecule has 6 heteroatoms. The van der Waals surface area contributed by atoms with Crippen LogP contribution >= 0.6 is 22.9 Å². The van der Waals surface area contributed by atoms with Crippen molar-refractivity contribution in [2.45, 2.75) is 32.7 Å². The molecule has 2 aromatic carbocycles. The average Bonchev–Trinajstić information content (AvgIpc) is 2.89. The van der Waals surface area contributed by atoms with Crippen molar-refractivity contribution < 1.29 is 4.79 Å². The van der Waals surface area contributed by atoms with E-state index < -0.39 is 0 Å². The minimum Gasteiger partial charge on any atom is -0.326 e. The van der Waals surface area contributed by atoms with Crippen LogP contribution in [0.4, 0.5) is 5.69 Å². The average molecular weight is 375 g/mol. The van der Waals surface area contributed by atoms with Gasteiger partial charge in [-0.25, -0.2) is 0 Å². The quantitative estimate of drug-likeness (QED) is 0.692. The van der Waals surface area contributed by atoms with Gasteiger partial charge in [0.2, 0.25) is 5.91 Å². The number of fused-ring (bicyclic) bond motifs is 1. The third kappa shape index (κ3) is 4.11. The van der Waals surface area contributed by atoms with Gasteiger partial charge in [0.25, 0.3) is 0 Å². The van der Waals surface area contributed by atoms with Crippen molar-refractivity contribution in [1.29, 1.82) is 0 Å². The highest BCUT2D eigenvalue weighted by Gasteiger charge is 2.11. The summed E-state index contributed by atoms with van der Waals surface area (Å²) in [5.74, 6) is -0.0510. The number of hydrogen-bond donors (Lipinski definition) is 1. The van der Waals surface area contributed by atoms with Crippen LogP contribution in [0.2, 0.25) is 5.02 Å². The fourth-order valence-electron chi connectivity index (χ4n) is 2.74. The molecule has 1 N–H and O–H groups in total. The Labute approximate surface area is 155 Å². The first kappa shape index (κ1) is 17.7. The molecule has 0 aliphatic heterocycles. The fourth-order valence-corrected chi connectivity index (χ4v) is 3.91. The van der Waals surface area contributed by atoms with Crippen molar-refractivity contribution in [3.63, 3.8) is 0 Å². The zero-order chi connectivity index (χ0) is 18.0. The molecular weight excluding hydrogens is 356 g/mol. The first-order valence-corrected chi connectivity index (χ1v) is 9.33. The van der Waals surface area contributed by atoms with Crippen LogP contribution in [0.1, 0.15) is 31.9 Å². The zero-order valence-electron chi connectivity index (χ0n) is 14.1. The van der Waals surface area contributed by atoms with E-state index in [0.29, 0.717) is 23.6 Å². The van der Waals surface area contributed by atoms with Crippen molar-refractivity contribution >= 4 is 44.7 Å². The molecule has 0 unspecified atom stereocenters. The summed E-state index contributed by atoms with van der Waals surface area (Å²) in [5, 5.41) is 3.59. The number of carbonyl (C=O) groups excluding carboxylic acids is 1. The van der Waals surface area contributed by atoms with Gasteiger partial charge < -0.3 is 5.32 Å². The van der Waals surface area contributed by atoms with Crippen LogP contribution in [-0.4, -0.2) is 10.5 Å². The number of amides is 1. The summed E-state index contributed by atoms with van der Waals surface area (Å²) in [5.41, 5.74) is 2.69. The van der Waals surface area contributed by atoms with E-state index in [2.05, 4.69) is 5.32 Å². The summed E-state index contributed by atoms with van der Waals surface area (Å²) < 4.78 is 2.65. The number of aromatic nitrogens is 1. The van der Waals surface area contributed by atoms with E-state index in [-0.39, 0.29) is 16.8 Å². The number of nitrogens with one attached hydrogen (secondary N) is 1. The van der Waals surface area contributed by atoms with Gasteiger partial charge in [0, 0.05) is 23.2 Å². The first-order chi connectivity index (χ1) is 11.9. The second-order valence-corrected chi connectivity index (χ2v) is 7.62. The molecule has 130 valence electrons. The van der Waals surface area contributed by atoms with Gasteiger partial charge in [-0.15, -0.1) is 0 Å². The number of rotatable bonds is 5. The van der Waals surface area contributed by atoms with Crippen LogP contribution in [0.5, 0.6) is 0 Å². The lowest BCUT2D eigenvalue weighted by molar-refractivity contribution is -0.116. The maximum Gasteiger partial charge on any atom is 0.308 e. The van der Waals surface area contributed by atoms with E-state index in [4.69, 9.17) is 11.6 Å². The van der Waals surface area contributed by atoms with Gasteiger partial charge in [-0.1, -0.05) is 35.1 Å². The lowest BCUT2D eigenvalue weighted by Crippen LogP contribution is -2.14. The molecule has 0 bridgehead atoms. The Morgan fingerprint density at radius 1 is 1.20 bits per heavy atom. The van der Waals surface area contributed by atoms with E-state index in [1.54, 1.807) is 4.57 Å². The minimum absolute atomic E-state index is 0.0243. The van der Waals surface area contributed by atoms with Crippen LogP contribution in [0.25, 0.3) is 10.2 Å². The van der Waals surface area contributed by atoms with Gasteiger partial charge >= 0.3 is 4.87 Å². The summed E-state index contributed by atoms with van der Waals surface area (Å²) in [7, 11) is 0. The molecule has 3 rings (SSSR count). The maximum atomic E-state index is 12.2. The number of thiazole rings is 1. The molecule has 0 aliphatic carbocycles. The number of aryl methyl sites for hydroxylation is 1. The normalized spacial score (nSPS) is 11.2. The van der Waals surface area contributed by atoms with Crippen molar-refractivity contribution in [1.82, 2.24) is 4.57 Å². The molecule has 4 nitrogen and oxygen atoms in total. The van der Waals surface area contributed by atoms with E-state index in [1.165, 1.54) is 11.3 Å². The molecule has 0 saturated carbocycles. The van der Waals surface area contributed by atoms with E-state index in [1.807, 2.05) is 56.3 Å². The van der Waals surface area contributed by atoms with Crippen molar-refractivity contribution in [2.75, 3.05) is 5.32 Å². The Bertz CT molecular complexity index is 958. The molecule has 0 radical (unpaired) electrons. The summed E-state index contributed by atoms with van der Waals surface area (Å²) in [6.45, 7) is 3.97. The Kier molecular flexibility index (Phi) is 5.25. The summed E-state index contributed by atoms with van der Waals surface area (Å²) in [4.78, 5) is 24.3. The van der Waals surface area contributed by atoms with Crippen LogP contribution in [-0.2, 0) is 11.2 Å². The zero-order valence-corrected chi connectivity index (χ0v) is 15.7. The largest absolute Gasteiger partial charge is 0.326 e. The number of hydrogen-bond acceptors (Lipinski definition) is 3. The van der Waals surface area contributed by atoms with Crippen LogP contribution < -0.4 is 10.2 Å². The van der Waals surface area contributed by atoms with Gasteiger partial charge in [0.1, 0.15) is 0 Å². The molecule has 0 spiro atoms. The Hall–Kier alpha value is -2.11. The van der Waals surface area contributed by atoms with Gasteiger partial charge in [-0.2, -0.15) is 0 Å². The Morgan fingerprint density at radius 3 is 2.60 bits per heavy atom. The van der Waals surface area contributed by atoms with Crippen molar-refractivity contribution in [2.24, 2.45) is 0 Å². The smallest absolute Gasteiger partial charge is 0.308 e. The van der Waals surface area contributed by atoms with Gasteiger partial charge in [0.15, 0.2) is 0 Å². The molecule has 1 heterocycles. The minimum atomic E-state index is -0.0510. The molecule has 0 aliphatic rings. The number of benzene rings is 2. The lowest BCUT2D eigenvalue weighted by Gasteiger charge is -2.08. The monoisotopic (exact) mass is 374 g/mol. The highest BCUT2D eigenvalue weighted by molar-refractivity contribution is 7.16. The van der Waals surface area contributed by atoms with E-state index >= 15 is 0 Å². The third-order valence-corrected chi connectivity index (χ3v) is 5.14. The second-order valence-electron chi connectivity index (χ2n) is 6.19. The van der Waals surface area contributed by atoms with Crippen molar-refractivity contribution in [3.8, 4) is 0 Å². The highest BCUT2D eigenvalue weighted by atomic mass is 35.5. The molecule has 25 heavy (non-hydrogen) atoms.